The summed E-state index contributed by atoms with van der Waals surface area (Å²) in [5, 5.41) is 9.71. The fourth-order valence-corrected chi connectivity index (χ4v) is 5.02. The number of amides is 2. The van der Waals surface area contributed by atoms with Crippen molar-refractivity contribution in [3.8, 4) is 11.5 Å². The van der Waals surface area contributed by atoms with E-state index >= 15 is 0 Å². The molecule has 0 heterocycles. The van der Waals surface area contributed by atoms with Crippen LogP contribution in [-0.2, 0) is 19.9 Å². The topological polar surface area (TPSA) is 97.3 Å². The number of aliphatic hydroxyl groups excluding tert-OH is 1. The Bertz CT molecular complexity index is 1170. The second kappa shape index (κ2) is 23.5. The lowest BCUT2D eigenvalue weighted by Crippen LogP contribution is -2.33. The van der Waals surface area contributed by atoms with Crippen molar-refractivity contribution in [1.82, 2.24) is 10.2 Å². The van der Waals surface area contributed by atoms with Gasteiger partial charge >= 0.3 is 0 Å². The smallest absolute Gasteiger partial charge is 0.222 e. The molecule has 0 aliphatic carbocycles. The van der Waals surface area contributed by atoms with E-state index < -0.39 is 5.60 Å². The van der Waals surface area contributed by atoms with Crippen LogP contribution in [0.1, 0.15) is 81.5 Å². The molecule has 3 aromatic carbocycles. The second-order valence-electron chi connectivity index (χ2n) is 10.7. The zero-order chi connectivity index (χ0) is 34.2. The number of methoxy groups -OCH3 is 2. The Morgan fingerprint density at radius 2 is 1.28 bits per heavy atom. The first-order valence-corrected chi connectivity index (χ1v) is 16.3. The third kappa shape index (κ3) is 12.5. The third-order valence-electron chi connectivity index (χ3n) is 7.54. The van der Waals surface area contributed by atoms with Gasteiger partial charge in [0, 0.05) is 39.8 Å². The molecule has 2 amide bonds. The summed E-state index contributed by atoms with van der Waals surface area (Å²) >= 11 is 0. The van der Waals surface area contributed by atoms with Gasteiger partial charge in [0.25, 0.3) is 0 Å². The molecule has 0 unspecified atom stereocenters. The number of nitrogens with zero attached hydrogens (tertiary/aromatic N) is 1. The van der Waals surface area contributed by atoms with Crippen LogP contribution in [0.3, 0.4) is 0 Å². The maximum Gasteiger partial charge on any atom is 0.222 e. The lowest BCUT2D eigenvalue weighted by atomic mass is 9.79. The lowest BCUT2D eigenvalue weighted by molar-refractivity contribution is -0.131. The highest BCUT2D eigenvalue weighted by Gasteiger charge is 2.37. The highest BCUT2D eigenvalue weighted by molar-refractivity contribution is 5.76. The summed E-state index contributed by atoms with van der Waals surface area (Å²) in [5.74, 6) is 1.91. The molecular weight excluding hydrogens is 580 g/mol. The van der Waals surface area contributed by atoms with Crippen LogP contribution in [0.5, 0.6) is 11.5 Å². The summed E-state index contributed by atoms with van der Waals surface area (Å²) in [5.41, 5.74) is 3.46. The summed E-state index contributed by atoms with van der Waals surface area (Å²) in [6.45, 7) is 11.3. The van der Waals surface area contributed by atoms with Crippen LogP contribution >= 0.6 is 0 Å². The average Bonchev–Trinajstić information content (AvgIpc) is 3.11. The summed E-state index contributed by atoms with van der Waals surface area (Å²) in [4.78, 5) is 23.9. The van der Waals surface area contributed by atoms with Gasteiger partial charge in [-0.1, -0.05) is 74.4 Å². The molecule has 0 aliphatic rings. The average molecular weight is 637 g/mol. The van der Waals surface area contributed by atoms with Gasteiger partial charge in [0.15, 0.2) is 0 Å². The molecule has 0 atom stereocenters. The Morgan fingerprint density at radius 3 is 1.70 bits per heavy atom. The number of aliphatic hydroxyl groups is 1. The van der Waals surface area contributed by atoms with Crippen molar-refractivity contribution >= 4 is 12.3 Å². The normalized spacial score (nSPS) is 10.4. The number of unbranched alkanes of at least 4 members (excludes halogenated alkanes) is 2. The number of carbonyl (C=O) groups is 2. The van der Waals surface area contributed by atoms with Gasteiger partial charge in [-0.15, -0.1) is 0 Å². The predicted molar refractivity (Wildman–Crippen MR) is 187 cm³/mol. The Labute approximate surface area is 277 Å². The quantitative estimate of drug-likeness (QED) is 0.0897. The van der Waals surface area contributed by atoms with Crippen LogP contribution < -0.4 is 14.8 Å². The van der Waals surface area contributed by atoms with Gasteiger partial charge in [-0.05, 0) is 80.5 Å². The SMILES string of the molecule is CCCCC(=O)N(CC)CCC.CO.COc1ccc(C(OCCCCNC=O)(c2ccc(C)cc2)c2ccc(OC)cc2)cc1. The molecule has 0 aliphatic heterocycles. The number of aryl methyl sites for hydroxylation is 1. The molecule has 3 rings (SSSR count). The summed E-state index contributed by atoms with van der Waals surface area (Å²) in [6, 6.07) is 24.5. The number of hydrogen-bond acceptors (Lipinski definition) is 6. The van der Waals surface area contributed by atoms with E-state index in [1.54, 1.807) is 14.2 Å². The number of nitrogens with one attached hydrogen (secondary N) is 1. The van der Waals surface area contributed by atoms with Gasteiger partial charge in [-0.25, -0.2) is 0 Å². The van der Waals surface area contributed by atoms with Gasteiger partial charge in [-0.3, -0.25) is 9.59 Å². The monoisotopic (exact) mass is 636 g/mol. The molecular formula is C38H56N2O6. The van der Waals surface area contributed by atoms with Crippen molar-refractivity contribution in [3.05, 3.63) is 95.1 Å². The molecule has 0 saturated carbocycles. The van der Waals surface area contributed by atoms with Crippen LogP contribution in [0.15, 0.2) is 72.8 Å². The molecule has 2 N–H and O–H groups in total. The van der Waals surface area contributed by atoms with Crippen LogP contribution in [0.25, 0.3) is 0 Å². The van der Waals surface area contributed by atoms with Gasteiger partial charge in [0.05, 0.1) is 14.2 Å². The van der Waals surface area contributed by atoms with Crippen molar-refractivity contribution < 1.29 is 28.9 Å². The fraction of sp³-hybridized carbons (Fsp3) is 0.474. The summed E-state index contributed by atoms with van der Waals surface area (Å²) < 4.78 is 17.5. The highest BCUT2D eigenvalue weighted by atomic mass is 16.5. The first-order valence-electron chi connectivity index (χ1n) is 16.3. The van der Waals surface area contributed by atoms with Crippen LogP contribution in [0.4, 0.5) is 0 Å². The van der Waals surface area contributed by atoms with Crippen molar-refractivity contribution in [3.63, 3.8) is 0 Å². The Kier molecular flexibility index (Phi) is 20.5. The molecule has 0 saturated heterocycles. The van der Waals surface area contributed by atoms with Crippen molar-refractivity contribution in [2.45, 2.75) is 71.8 Å². The lowest BCUT2D eigenvalue weighted by Gasteiger charge is -2.36. The molecule has 0 aromatic heterocycles. The fourth-order valence-electron chi connectivity index (χ4n) is 5.02. The second-order valence-corrected chi connectivity index (χ2v) is 10.7. The molecule has 0 bridgehead atoms. The van der Waals surface area contributed by atoms with Crippen LogP contribution in [-0.4, -0.2) is 69.9 Å². The number of rotatable bonds is 18. The molecule has 0 fully saturated rings. The largest absolute Gasteiger partial charge is 0.497 e. The first-order chi connectivity index (χ1) is 22.4. The van der Waals surface area contributed by atoms with Gasteiger partial charge in [-0.2, -0.15) is 0 Å². The first kappa shape index (κ1) is 40.1. The van der Waals surface area contributed by atoms with Crippen molar-refractivity contribution in [1.29, 1.82) is 0 Å². The van der Waals surface area contributed by atoms with Crippen LogP contribution in [0.2, 0.25) is 0 Å². The van der Waals surface area contributed by atoms with E-state index in [4.69, 9.17) is 19.3 Å². The Morgan fingerprint density at radius 1 is 0.783 bits per heavy atom. The predicted octanol–water partition coefficient (Wildman–Crippen LogP) is 6.89. The molecule has 8 heteroatoms. The number of ether oxygens (including phenoxy) is 3. The van der Waals surface area contributed by atoms with E-state index in [1.165, 1.54) is 5.56 Å². The van der Waals surface area contributed by atoms with Crippen molar-refractivity contribution in [2.24, 2.45) is 0 Å². The molecule has 0 spiro atoms. The van der Waals surface area contributed by atoms with Crippen molar-refractivity contribution in [2.75, 3.05) is 47.6 Å². The third-order valence-corrected chi connectivity index (χ3v) is 7.54. The van der Waals surface area contributed by atoms with E-state index in [9.17, 15) is 9.59 Å². The number of carbonyl (C=O) groups excluding carboxylic acids is 2. The standard InChI is InChI=1S/C27H31NO4.C10H21NO.CH4O/c1-21-6-8-22(9-7-21)27(32-19-5-4-18-28-20-29,23-10-14-25(30-2)15-11-23)24-12-16-26(31-3)17-13-24;1-4-7-8-10(12)11(6-3)9-5-2;1-2/h6-17,20H,4-5,18-19H2,1-3H3,(H,28,29);4-9H2,1-3H3;2H,1H3. The summed E-state index contributed by atoms with van der Waals surface area (Å²) in [6.07, 6.45) is 6.31. The van der Waals surface area contributed by atoms with Crippen LogP contribution in [0, 0.1) is 6.92 Å². The molecule has 8 nitrogen and oxygen atoms in total. The molecule has 0 radical (unpaired) electrons. The van der Waals surface area contributed by atoms with Gasteiger partial charge in [0.2, 0.25) is 12.3 Å². The van der Waals surface area contributed by atoms with Gasteiger partial charge < -0.3 is 29.5 Å². The van der Waals surface area contributed by atoms with E-state index in [2.05, 4.69) is 74.6 Å². The number of benzene rings is 3. The molecule has 3 aromatic rings. The van der Waals surface area contributed by atoms with E-state index in [-0.39, 0.29) is 0 Å². The minimum atomic E-state index is -0.801. The maximum absolute atomic E-state index is 11.4. The number of hydrogen-bond donors (Lipinski definition) is 2. The minimum Gasteiger partial charge on any atom is -0.497 e. The maximum atomic E-state index is 11.4. The summed E-state index contributed by atoms with van der Waals surface area (Å²) in [7, 11) is 4.32. The minimum absolute atomic E-state index is 0.321. The zero-order valence-electron chi connectivity index (χ0n) is 29.0. The molecule has 254 valence electrons. The zero-order valence-corrected chi connectivity index (χ0v) is 29.0. The van der Waals surface area contributed by atoms with Gasteiger partial charge in [0.1, 0.15) is 17.1 Å². The Balaban J connectivity index is 0.000000638. The highest BCUT2D eigenvalue weighted by Crippen LogP contribution is 2.42. The molecule has 46 heavy (non-hydrogen) atoms. The van der Waals surface area contributed by atoms with E-state index in [0.717, 1.165) is 93.3 Å². The van der Waals surface area contributed by atoms with E-state index in [1.807, 2.05) is 36.1 Å². The van der Waals surface area contributed by atoms with E-state index in [0.29, 0.717) is 19.1 Å². The Hall–Kier alpha value is -3.88.